The summed E-state index contributed by atoms with van der Waals surface area (Å²) in [5.41, 5.74) is 3.56. The summed E-state index contributed by atoms with van der Waals surface area (Å²) < 4.78 is 19.6. The van der Waals surface area contributed by atoms with E-state index in [0.717, 1.165) is 11.3 Å². The maximum atomic E-state index is 13.9. The van der Waals surface area contributed by atoms with Crippen LogP contribution in [0, 0.1) is 5.82 Å². The third-order valence-corrected chi connectivity index (χ3v) is 3.60. The highest BCUT2D eigenvalue weighted by Crippen LogP contribution is 2.28. The molecule has 0 unspecified atom stereocenters. The molecule has 0 bridgehead atoms. The predicted molar refractivity (Wildman–Crippen MR) is 89.1 cm³/mol. The van der Waals surface area contributed by atoms with Crippen molar-refractivity contribution >= 4 is 22.8 Å². The Balaban J connectivity index is 1.71. The third-order valence-electron chi connectivity index (χ3n) is 3.60. The van der Waals surface area contributed by atoms with E-state index in [0.29, 0.717) is 22.7 Å². The minimum Gasteiger partial charge on any atom is -0.423 e. The highest BCUT2D eigenvalue weighted by Gasteiger charge is 2.09. The van der Waals surface area contributed by atoms with E-state index in [-0.39, 0.29) is 5.82 Å². The molecule has 1 heterocycles. The number of halogens is 1. The van der Waals surface area contributed by atoms with Gasteiger partial charge in [0.05, 0.1) is 0 Å². The molecule has 0 aliphatic carbocycles. The number of aromatic nitrogens is 1. The first-order chi connectivity index (χ1) is 11.3. The van der Waals surface area contributed by atoms with E-state index in [1.165, 1.54) is 6.07 Å². The van der Waals surface area contributed by atoms with Crippen LogP contribution in [0.15, 0.2) is 77.2 Å². The maximum absolute atomic E-state index is 13.9. The molecule has 1 N–H and O–H groups in total. The number of nitrogens with zero attached hydrogens (tertiary/aromatic N) is 1. The van der Waals surface area contributed by atoms with Crippen LogP contribution in [0.25, 0.3) is 22.2 Å². The molecule has 112 valence electrons. The lowest BCUT2D eigenvalue weighted by Crippen LogP contribution is -1.88. The van der Waals surface area contributed by atoms with Crippen LogP contribution in [-0.2, 0) is 0 Å². The smallest absolute Gasteiger partial charge is 0.300 e. The second-order valence-electron chi connectivity index (χ2n) is 5.17. The first-order valence-corrected chi connectivity index (χ1v) is 7.27. The fourth-order valence-electron chi connectivity index (χ4n) is 2.49. The molecular weight excluding hydrogens is 291 g/mol. The molecule has 0 saturated heterocycles. The Morgan fingerprint density at radius 1 is 0.870 bits per heavy atom. The fraction of sp³-hybridized carbons (Fsp3) is 0. The molecule has 0 amide bonds. The summed E-state index contributed by atoms with van der Waals surface area (Å²) in [5, 5.41) is 3.11. The molecule has 0 saturated carbocycles. The number of para-hydroxylation sites is 1. The van der Waals surface area contributed by atoms with Gasteiger partial charge < -0.3 is 9.73 Å². The maximum Gasteiger partial charge on any atom is 0.300 e. The molecule has 0 fully saturated rings. The number of nitrogens with one attached hydrogen (secondary N) is 1. The first kappa shape index (κ1) is 13.5. The number of anilines is 2. The topological polar surface area (TPSA) is 38.1 Å². The molecule has 0 radical (unpaired) electrons. The number of fused-ring (bicyclic) bond motifs is 1. The third kappa shape index (κ3) is 2.66. The SMILES string of the molecule is Fc1ccccc1-c1ccc2oc(Nc3ccccc3)nc2c1. The summed E-state index contributed by atoms with van der Waals surface area (Å²) in [5.74, 6) is -0.252. The van der Waals surface area contributed by atoms with Crippen molar-refractivity contribution < 1.29 is 8.81 Å². The van der Waals surface area contributed by atoms with Gasteiger partial charge in [0.2, 0.25) is 0 Å². The summed E-state index contributed by atoms with van der Waals surface area (Å²) in [6, 6.07) is 22.2. The van der Waals surface area contributed by atoms with Crippen LogP contribution in [0.3, 0.4) is 0 Å². The summed E-state index contributed by atoms with van der Waals surface area (Å²) >= 11 is 0. The molecule has 3 aromatic carbocycles. The average Bonchev–Trinajstić information content (AvgIpc) is 2.97. The van der Waals surface area contributed by atoms with E-state index in [1.807, 2.05) is 48.5 Å². The molecular formula is C19H13FN2O. The van der Waals surface area contributed by atoms with Crippen LogP contribution >= 0.6 is 0 Å². The normalized spacial score (nSPS) is 10.8. The van der Waals surface area contributed by atoms with Crippen molar-refractivity contribution in [3.05, 3.63) is 78.6 Å². The van der Waals surface area contributed by atoms with E-state index in [4.69, 9.17) is 4.42 Å². The Morgan fingerprint density at radius 3 is 2.48 bits per heavy atom. The average molecular weight is 304 g/mol. The van der Waals surface area contributed by atoms with Gasteiger partial charge in [-0.15, -0.1) is 0 Å². The van der Waals surface area contributed by atoms with Gasteiger partial charge in [-0.1, -0.05) is 42.5 Å². The highest BCUT2D eigenvalue weighted by atomic mass is 19.1. The van der Waals surface area contributed by atoms with Gasteiger partial charge in [-0.05, 0) is 35.9 Å². The monoisotopic (exact) mass is 304 g/mol. The first-order valence-electron chi connectivity index (χ1n) is 7.27. The Bertz CT molecular complexity index is 963. The minimum atomic E-state index is -0.252. The summed E-state index contributed by atoms with van der Waals surface area (Å²) in [6.07, 6.45) is 0. The van der Waals surface area contributed by atoms with Crippen LogP contribution in [0.4, 0.5) is 16.1 Å². The molecule has 0 atom stereocenters. The van der Waals surface area contributed by atoms with E-state index in [1.54, 1.807) is 18.2 Å². The fourth-order valence-corrected chi connectivity index (χ4v) is 2.49. The Kier molecular flexibility index (Phi) is 3.27. The van der Waals surface area contributed by atoms with E-state index in [9.17, 15) is 4.39 Å². The van der Waals surface area contributed by atoms with Crippen molar-refractivity contribution in [1.82, 2.24) is 4.98 Å². The number of hydrogen-bond acceptors (Lipinski definition) is 3. The molecule has 3 nitrogen and oxygen atoms in total. The van der Waals surface area contributed by atoms with Crippen LogP contribution in [0.1, 0.15) is 0 Å². The van der Waals surface area contributed by atoms with Crippen molar-refractivity contribution in [2.24, 2.45) is 0 Å². The van der Waals surface area contributed by atoms with Gasteiger partial charge in [0.1, 0.15) is 11.3 Å². The predicted octanol–water partition coefficient (Wildman–Crippen LogP) is 5.38. The lowest BCUT2D eigenvalue weighted by atomic mass is 10.0. The summed E-state index contributed by atoms with van der Waals surface area (Å²) in [7, 11) is 0. The lowest BCUT2D eigenvalue weighted by Gasteiger charge is -2.02. The van der Waals surface area contributed by atoms with E-state index >= 15 is 0 Å². The molecule has 4 heteroatoms. The summed E-state index contributed by atoms with van der Waals surface area (Å²) in [6.45, 7) is 0. The van der Waals surface area contributed by atoms with Gasteiger partial charge in [-0.3, -0.25) is 0 Å². The minimum absolute atomic E-state index is 0.252. The zero-order valence-electron chi connectivity index (χ0n) is 12.2. The Labute approximate surface area is 132 Å². The second kappa shape index (κ2) is 5.57. The number of rotatable bonds is 3. The van der Waals surface area contributed by atoms with Crippen molar-refractivity contribution in [1.29, 1.82) is 0 Å². The van der Waals surface area contributed by atoms with Crippen molar-refractivity contribution in [2.45, 2.75) is 0 Å². The van der Waals surface area contributed by atoms with Crippen LogP contribution in [-0.4, -0.2) is 4.98 Å². The van der Waals surface area contributed by atoms with Crippen LogP contribution < -0.4 is 5.32 Å². The Morgan fingerprint density at radius 2 is 1.65 bits per heavy atom. The van der Waals surface area contributed by atoms with Gasteiger partial charge in [0, 0.05) is 11.3 Å². The van der Waals surface area contributed by atoms with E-state index in [2.05, 4.69) is 10.3 Å². The summed E-state index contributed by atoms with van der Waals surface area (Å²) in [4.78, 5) is 4.42. The number of oxazole rings is 1. The molecule has 0 spiro atoms. The van der Waals surface area contributed by atoms with E-state index < -0.39 is 0 Å². The highest BCUT2D eigenvalue weighted by molar-refractivity contribution is 5.82. The quantitative estimate of drug-likeness (QED) is 0.552. The molecule has 4 aromatic rings. The van der Waals surface area contributed by atoms with Gasteiger partial charge in [0.25, 0.3) is 6.01 Å². The van der Waals surface area contributed by atoms with Crippen molar-refractivity contribution in [2.75, 3.05) is 5.32 Å². The second-order valence-corrected chi connectivity index (χ2v) is 5.17. The van der Waals surface area contributed by atoms with Gasteiger partial charge >= 0.3 is 0 Å². The standard InChI is InChI=1S/C19H13FN2O/c20-16-9-5-4-8-15(16)13-10-11-18-17(12-13)22-19(23-18)21-14-6-2-1-3-7-14/h1-12H,(H,21,22). The molecule has 1 aromatic heterocycles. The van der Waals surface area contributed by atoms with Gasteiger partial charge in [-0.25, -0.2) is 4.39 Å². The van der Waals surface area contributed by atoms with Crippen molar-refractivity contribution in [3.8, 4) is 11.1 Å². The molecule has 0 aliphatic heterocycles. The zero-order valence-corrected chi connectivity index (χ0v) is 12.2. The van der Waals surface area contributed by atoms with Gasteiger partial charge in [0.15, 0.2) is 5.58 Å². The van der Waals surface area contributed by atoms with Crippen LogP contribution in [0.5, 0.6) is 0 Å². The Hall–Kier alpha value is -3.14. The number of hydrogen-bond donors (Lipinski definition) is 1. The number of benzene rings is 3. The van der Waals surface area contributed by atoms with Crippen LogP contribution in [0.2, 0.25) is 0 Å². The molecule has 23 heavy (non-hydrogen) atoms. The van der Waals surface area contributed by atoms with Crippen molar-refractivity contribution in [3.63, 3.8) is 0 Å². The largest absolute Gasteiger partial charge is 0.423 e. The lowest BCUT2D eigenvalue weighted by molar-refractivity contribution is 0.623. The molecule has 0 aliphatic rings. The zero-order chi connectivity index (χ0) is 15.6. The van der Waals surface area contributed by atoms with Gasteiger partial charge in [-0.2, -0.15) is 4.98 Å². The molecule has 4 rings (SSSR count).